The highest BCUT2D eigenvalue weighted by Crippen LogP contribution is 2.28. The Morgan fingerprint density at radius 3 is 3.06 bits per heavy atom. The van der Waals surface area contributed by atoms with E-state index in [9.17, 15) is 0 Å². The molecule has 0 amide bonds. The quantitative estimate of drug-likeness (QED) is 0.788. The average Bonchev–Trinajstić information content (AvgIpc) is 2.40. The van der Waals surface area contributed by atoms with Crippen LogP contribution in [0.1, 0.15) is 24.8 Å². The summed E-state index contributed by atoms with van der Waals surface area (Å²) in [5.74, 6) is 3.09. The van der Waals surface area contributed by atoms with Crippen LogP contribution < -0.4 is 9.64 Å². The highest BCUT2D eigenvalue weighted by molar-refractivity contribution is 6.17. The molecule has 1 fully saturated rings. The molecule has 1 aliphatic rings. The summed E-state index contributed by atoms with van der Waals surface area (Å²) in [5, 5.41) is 0. The number of hydrogen-bond acceptors (Lipinski definition) is 4. The van der Waals surface area contributed by atoms with Crippen LogP contribution in [0, 0.1) is 12.8 Å². The van der Waals surface area contributed by atoms with Gasteiger partial charge in [0.15, 0.2) is 0 Å². The SMILES string of the molecule is COc1ncnc(N2CCCC(CCCl)C2)c1C. The summed E-state index contributed by atoms with van der Waals surface area (Å²) in [5.41, 5.74) is 1.02. The Labute approximate surface area is 113 Å². The standard InChI is InChI=1S/C13H20ClN3O/c1-10-12(15-9-16-13(10)18-2)17-7-3-4-11(8-17)5-6-14/h9,11H,3-8H2,1-2H3. The van der Waals surface area contributed by atoms with E-state index in [-0.39, 0.29) is 0 Å². The fourth-order valence-corrected chi connectivity index (χ4v) is 2.91. The molecular formula is C13H20ClN3O. The van der Waals surface area contributed by atoms with E-state index >= 15 is 0 Å². The molecule has 0 spiro atoms. The van der Waals surface area contributed by atoms with Gasteiger partial charge >= 0.3 is 0 Å². The van der Waals surface area contributed by atoms with E-state index in [1.807, 2.05) is 6.92 Å². The zero-order valence-electron chi connectivity index (χ0n) is 11.0. The highest BCUT2D eigenvalue weighted by atomic mass is 35.5. The summed E-state index contributed by atoms with van der Waals surface area (Å²) in [6.07, 6.45) is 5.13. The largest absolute Gasteiger partial charge is 0.481 e. The van der Waals surface area contributed by atoms with Gasteiger partial charge in [0.25, 0.3) is 0 Å². The molecule has 1 atom stereocenters. The van der Waals surface area contributed by atoms with E-state index in [1.165, 1.54) is 12.8 Å². The Morgan fingerprint density at radius 1 is 1.50 bits per heavy atom. The lowest BCUT2D eigenvalue weighted by Crippen LogP contribution is -2.36. The van der Waals surface area contributed by atoms with Gasteiger partial charge in [0.2, 0.25) is 5.88 Å². The number of hydrogen-bond donors (Lipinski definition) is 0. The molecular weight excluding hydrogens is 250 g/mol. The van der Waals surface area contributed by atoms with Gasteiger partial charge in [-0.1, -0.05) is 0 Å². The number of rotatable bonds is 4. The molecule has 0 aliphatic carbocycles. The molecule has 0 aromatic carbocycles. The van der Waals surface area contributed by atoms with Crippen LogP contribution in [0.3, 0.4) is 0 Å². The minimum atomic E-state index is 0.666. The van der Waals surface area contributed by atoms with Crippen molar-refractivity contribution < 1.29 is 4.74 Å². The molecule has 0 radical (unpaired) electrons. The van der Waals surface area contributed by atoms with Crippen LogP contribution in [0.2, 0.25) is 0 Å². The fraction of sp³-hybridized carbons (Fsp3) is 0.692. The van der Waals surface area contributed by atoms with Crippen molar-refractivity contribution in [3.05, 3.63) is 11.9 Å². The number of aromatic nitrogens is 2. The number of nitrogens with zero attached hydrogens (tertiary/aromatic N) is 3. The smallest absolute Gasteiger partial charge is 0.221 e. The van der Waals surface area contributed by atoms with Crippen LogP contribution in [0.5, 0.6) is 5.88 Å². The summed E-state index contributed by atoms with van der Waals surface area (Å²) in [6, 6.07) is 0. The van der Waals surface area contributed by atoms with Crippen molar-refractivity contribution in [3.63, 3.8) is 0 Å². The van der Waals surface area contributed by atoms with Crippen molar-refractivity contribution in [1.82, 2.24) is 9.97 Å². The van der Waals surface area contributed by atoms with Crippen LogP contribution in [0.15, 0.2) is 6.33 Å². The number of alkyl halides is 1. The van der Waals surface area contributed by atoms with E-state index < -0.39 is 0 Å². The lowest BCUT2D eigenvalue weighted by Gasteiger charge is -2.34. The number of ether oxygens (including phenoxy) is 1. The zero-order valence-corrected chi connectivity index (χ0v) is 11.8. The monoisotopic (exact) mass is 269 g/mol. The number of halogens is 1. The Bertz CT molecular complexity index is 398. The lowest BCUT2D eigenvalue weighted by molar-refractivity contribution is 0.388. The molecule has 1 unspecified atom stereocenters. The zero-order chi connectivity index (χ0) is 13.0. The first-order valence-electron chi connectivity index (χ1n) is 6.42. The van der Waals surface area contributed by atoms with Crippen molar-refractivity contribution in [3.8, 4) is 5.88 Å². The third-order valence-electron chi connectivity index (χ3n) is 3.54. The van der Waals surface area contributed by atoms with Gasteiger partial charge in [-0.05, 0) is 32.1 Å². The molecule has 1 saturated heterocycles. The van der Waals surface area contributed by atoms with Crippen LogP contribution in [-0.4, -0.2) is 36.0 Å². The Kier molecular flexibility index (Phi) is 4.64. The predicted octanol–water partition coefficient (Wildman–Crippen LogP) is 2.64. The molecule has 1 aromatic heterocycles. The molecule has 100 valence electrons. The molecule has 18 heavy (non-hydrogen) atoms. The van der Waals surface area contributed by atoms with E-state index in [0.29, 0.717) is 11.8 Å². The fourth-order valence-electron chi connectivity index (χ4n) is 2.60. The Morgan fingerprint density at radius 2 is 2.33 bits per heavy atom. The van der Waals surface area contributed by atoms with Gasteiger partial charge < -0.3 is 9.64 Å². The van der Waals surface area contributed by atoms with E-state index in [4.69, 9.17) is 16.3 Å². The summed E-state index contributed by atoms with van der Waals surface area (Å²) in [7, 11) is 1.64. The minimum absolute atomic E-state index is 0.666. The van der Waals surface area contributed by atoms with Gasteiger partial charge in [0, 0.05) is 19.0 Å². The number of anilines is 1. The third-order valence-corrected chi connectivity index (χ3v) is 3.76. The van der Waals surface area contributed by atoms with Crippen molar-refractivity contribution >= 4 is 17.4 Å². The predicted molar refractivity (Wildman–Crippen MR) is 73.6 cm³/mol. The van der Waals surface area contributed by atoms with E-state index in [2.05, 4.69) is 14.9 Å². The van der Waals surface area contributed by atoms with Gasteiger partial charge in [-0.2, -0.15) is 0 Å². The van der Waals surface area contributed by atoms with Crippen LogP contribution in [0.25, 0.3) is 0 Å². The molecule has 5 heteroatoms. The van der Waals surface area contributed by atoms with Crippen LogP contribution in [-0.2, 0) is 0 Å². The Hall–Kier alpha value is -1.03. The minimum Gasteiger partial charge on any atom is -0.481 e. The summed E-state index contributed by atoms with van der Waals surface area (Å²) in [4.78, 5) is 10.9. The van der Waals surface area contributed by atoms with Gasteiger partial charge in [-0.3, -0.25) is 0 Å². The van der Waals surface area contributed by atoms with Gasteiger partial charge in [-0.15, -0.1) is 11.6 Å². The van der Waals surface area contributed by atoms with Crippen molar-refractivity contribution in [1.29, 1.82) is 0 Å². The maximum absolute atomic E-state index is 5.84. The number of piperidine rings is 1. The second-order valence-electron chi connectivity index (χ2n) is 4.76. The Balaban J connectivity index is 2.15. The molecule has 2 rings (SSSR count). The maximum atomic E-state index is 5.84. The first kappa shape index (κ1) is 13.4. The average molecular weight is 270 g/mol. The van der Waals surface area contributed by atoms with Gasteiger partial charge in [0.1, 0.15) is 12.1 Å². The van der Waals surface area contributed by atoms with Crippen molar-refractivity contribution in [2.45, 2.75) is 26.2 Å². The molecule has 1 aliphatic heterocycles. The molecule has 2 heterocycles. The van der Waals surface area contributed by atoms with Crippen molar-refractivity contribution in [2.24, 2.45) is 5.92 Å². The first-order valence-corrected chi connectivity index (χ1v) is 6.96. The first-order chi connectivity index (χ1) is 8.76. The maximum Gasteiger partial charge on any atom is 0.221 e. The van der Waals surface area contributed by atoms with Gasteiger partial charge in [0.05, 0.1) is 12.7 Å². The lowest BCUT2D eigenvalue weighted by atomic mass is 9.95. The second-order valence-corrected chi connectivity index (χ2v) is 5.14. The van der Waals surface area contributed by atoms with Crippen molar-refractivity contribution in [2.75, 3.05) is 31.0 Å². The summed E-state index contributed by atoms with van der Waals surface area (Å²) >= 11 is 5.84. The second kappa shape index (κ2) is 6.23. The molecule has 0 N–H and O–H groups in total. The molecule has 4 nitrogen and oxygen atoms in total. The topological polar surface area (TPSA) is 38.3 Å². The molecule has 0 bridgehead atoms. The normalized spacial score (nSPS) is 19.9. The highest BCUT2D eigenvalue weighted by Gasteiger charge is 2.22. The van der Waals surface area contributed by atoms with Crippen LogP contribution >= 0.6 is 11.6 Å². The van der Waals surface area contributed by atoms with E-state index in [1.54, 1.807) is 13.4 Å². The third kappa shape index (κ3) is 2.86. The number of methoxy groups -OCH3 is 1. The molecule has 1 aromatic rings. The summed E-state index contributed by atoms with van der Waals surface area (Å²) < 4.78 is 5.25. The van der Waals surface area contributed by atoms with Crippen LogP contribution in [0.4, 0.5) is 5.82 Å². The molecule has 0 saturated carbocycles. The summed E-state index contributed by atoms with van der Waals surface area (Å²) in [6.45, 7) is 4.10. The van der Waals surface area contributed by atoms with Gasteiger partial charge in [-0.25, -0.2) is 9.97 Å². The van der Waals surface area contributed by atoms with E-state index in [0.717, 1.165) is 36.8 Å².